The summed E-state index contributed by atoms with van der Waals surface area (Å²) in [4.78, 5) is 4.42. The molecule has 0 aliphatic rings. The van der Waals surface area contributed by atoms with Crippen LogP contribution in [0.4, 0.5) is 5.82 Å². The minimum absolute atomic E-state index is 0.0964. The van der Waals surface area contributed by atoms with E-state index in [1.807, 2.05) is 25.1 Å². The molecule has 0 spiro atoms. The van der Waals surface area contributed by atoms with Crippen LogP contribution in [0.3, 0.4) is 0 Å². The highest BCUT2D eigenvalue weighted by Gasteiger charge is 2.26. The third-order valence-corrected chi connectivity index (χ3v) is 3.00. The van der Waals surface area contributed by atoms with Crippen molar-refractivity contribution in [2.45, 2.75) is 33.2 Å². The lowest BCUT2D eigenvalue weighted by molar-refractivity contribution is 0.381. The number of hydrogen-bond donors (Lipinski definition) is 2. The molecule has 0 aromatic carbocycles. The first-order valence-corrected chi connectivity index (χ1v) is 5.40. The maximum absolute atomic E-state index is 5.80. The van der Waals surface area contributed by atoms with Gasteiger partial charge in [0, 0.05) is 12.2 Å². The van der Waals surface area contributed by atoms with E-state index in [0.717, 1.165) is 11.5 Å². The standard InChI is InChI=1S/C12H21N3/c1-9(2)12(4,8-13)15-11-7-5-6-10(3)14-11/h5-7,9H,8,13H2,1-4H3,(H,14,15). The van der Waals surface area contributed by atoms with Crippen LogP contribution in [0.1, 0.15) is 26.5 Å². The molecular formula is C12H21N3. The van der Waals surface area contributed by atoms with Crippen molar-refractivity contribution in [3.63, 3.8) is 0 Å². The van der Waals surface area contributed by atoms with E-state index >= 15 is 0 Å². The van der Waals surface area contributed by atoms with Crippen molar-refractivity contribution in [1.82, 2.24) is 4.98 Å². The first kappa shape index (κ1) is 12.0. The molecule has 0 amide bonds. The van der Waals surface area contributed by atoms with Crippen molar-refractivity contribution in [2.75, 3.05) is 11.9 Å². The van der Waals surface area contributed by atoms with Gasteiger partial charge in [0.2, 0.25) is 0 Å². The smallest absolute Gasteiger partial charge is 0.126 e. The molecule has 0 saturated heterocycles. The molecule has 3 N–H and O–H groups in total. The number of nitrogens with zero attached hydrogens (tertiary/aromatic N) is 1. The van der Waals surface area contributed by atoms with Gasteiger partial charge in [-0.15, -0.1) is 0 Å². The summed E-state index contributed by atoms with van der Waals surface area (Å²) >= 11 is 0. The monoisotopic (exact) mass is 207 g/mol. The largest absolute Gasteiger partial charge is 0.363 e. The van der Waals surface area contributed by atoms with Crippen molar-refractivity contribution < 1.29 is 0 Å². The minimum Gasteiger partial charge on any atom is -0.363 e. The van der Waals surface area contributed by atoms with Gasteiger partial charge in [0.1, 0.15) is 5.82 Å². The van der Waals surface area contributed by atoms with Crippen LogP contribution in [0.15, 0.2) is 18.2 Å². The quantitative estimate of drug-likeness (QED) is 0.795. The zero-order valence-corrected chi connectivity index (χ0v) is 10.0. The van der Waals surface area contributed by atoms with E-state index in [4.69, 9.17) is 5.73 Å². The van der Waals surface area contributed by atoms with Crippen molar-refractivity contribution in [1.29, 1.82) is 0 Å². The number of rotatable bonds is 4. The molecule has 1 unspecified atom stereocenters. The summed E-state index contributed by atoms with van der Waals surface area (Å²) in [6.07, 6.45) is 0. The Bertz CT molecular complexity index is 322. The molecule has 0 aliphatic heterocycles. The summed E-state index contributed by atoms with van der Waals surface area (Å²) < 4.78 is 0. The predicted molar refractivity (Wildman–Crippen MR) is 64.9 cm³/mol. The van der Waals surface area contributed by atoms with Crippen LogP contribution in [-0.4, -0.2) is 17.1 Å². The highest BCUT2D eigenvalue weighted by atomic mass is 15.1. The number of nitrogens with two attached hydrogens (primary N) is 1. The molecule has 0 fully saturated rings. The van der Waals surface area contributed by atoms with Crippen molar-refractivity contribution in [3.05, 3.63) is 23.9 Å². The first-order chi connectivity index (χ1) is 6.98. The molecule has 3 nitrogen and oxygen atoms in total. The summed E-state index contributed by atoms with van der Waals surface area (Å²) in [5.74, 6) is 1.36. The Morgan fingerprint density at radius 1 is 1.47 bits per heavy atom. The minimum atomic E-state index is -0.0964. The predicted octanol–water partition coefficient (Wildman–Crippen LogP) is 2.18. The summed E-state index contributed by atoms with van der Waals surface area (Å²) in [5, 5.41) is 3.41. The molecule has 15 heavy (non-hydrogen) atoms. The highest BCUT2D eigenvalue weighted by molar-refractivity contribution is 5.38. The molecule has 84 valence electrons. The maximum atomic E-state index is 5.80. The van der Waals surface area contributed by atoms with Gasteiger partial charge in [0.15, 0.2) is 0 Å². The van der Waals surface area contributed by atoms with E-state index in [1.165, 1.54) is 0 Å². The lowest BCUT2D eigenvalue weighted by atomic mass is 9.88. The van der Waals surface area contributed by atoms with E-state index in [9.17, 15) is 0 Å². The summed E-state index contributed by atoms with van der Waals surface area (Å²) in [6.45, 7) is 9.04. The van der Waals surface area contributed by atoms with Gasteiger partial charge in [-0.1, -0.05) is 19.9 Å². The van der Waals surface area contributed by atoms with Crippen LogP contribution in [0, 0.1) is 12.8 Å². The van der Waals surface area contributed by atoms with Crippen LogP contribution in [-0.2, 0) is 0 Å². The second kappa shape index (κ2) is 4.62. The van der Waals surface area contributed by atoms with Gasteiger partial charge in [-0.3, -0.25) is 0 Å². The van der Waals surface area contributed by atoms with Gasteiger partial charge in [-0.25, -0.2) is 4.98 Å². The lowest BCUT2D eigenvalue weighted by Gasteiger charge is -2.34. The molecule has 1 atom stereocenters. The van der Waals surface area contributed by atoms with Gasteiger partial charge in [0.05, 0.1) is 5.54 Å². The highest BCUT2D eigenvalue weighted by Crippen LogP contribution is 2.20. The van der Waals surface area contributed by atoms with Crippen LogP contribution in [0.5, 0.6) is 0 Å². The Hall–Kier alpha value is -1.09. The molecule has 1 aromatic heterocycles. The summed E-state index contributed by atoms with van der Waals surface area (Å²) in [7, 11) is 0. The average Bonchev–Trinajstić information content (AvgIpc) is 2.17. The van der Waals surface area contributed by atoms with Crippen LogP contribution in [0.25, 0.3) is 0 Å². The van der Waals surface area contributed by atoms with Gasteiger partial charge >= 0.3 is 0 Å². The van der Waals surface area contributed by atoms with Crippen molar-refractivity contribution >= 4 is 5.82 Å². The number of aryl methyl sites for hydroxylation is 1. The third-order valence-electron chi connectivity index (χ3n) is 3.00. The van der Waals surface area contributed by atoms with Gasteiger partial charge in [-0.05, 0) is 31.9 Å². The zero-order valence-electron chi connectivity index (χ0n) is 10.0. The van der Waals surface area contributed by atoms with E-state index < -0.39 is 0 Å². The van der Waals surface area contributed by atoms with Gasteiger partial charge in [0.25, 0.3) is 0 Å². The van der Waals surface area contributed by atoms with E-state index in [2.05, 4.69) is 31.1 Å². The molecule has 0 radical (unpaired) electrons. The summed E-state index contributed by atoms with van der Waals surface area (Å²) in [6, 6.07) is 5.96. The SMILES string of the molecule is Cc1cccc(NC(C)(CN)C(C)C)n1. The second-order valence-electron chi connectivity index (χ2n) is 4.57. The molecule has 0 aliphatic carbocycles. The molecule has 0 bridgehead atoms. The lowest BCUT2D eigenvalue weighted by Crippen LogP contribution is -2.47. The average molecular weight is 207 g/mol. The van der Waals surface area contributed by atoms with E-state index in [1.54, 1.807) is 0 Å². The van der Waals surface area contributed by atoms with Gasteiger partial charge in [-0.2, -0.15) is 0 Å². The fourth-order valence-corrected chi connectivity index (χ4v) is 1.34. The van der Waals surface area contributed by atoms with Crippen molar-refractivity contribution in [2.24, 2.45) is 11.7 Å². The maximum Gasteiger partial charge on any atom is 0.126 e. The van der Waals surface area contributed by atoms with Crippen LogP contribution < -0.4 is 11.1 Å². The Balaban J connectivity index is 2.84. The molecule has 0 saturated carbocycles. The Kier molecular flexibility index (Phi) is 3.69. The normalized spacial score (nSPS) is 15.1. The molecule has 1 heterocycles. The Morgan fingerprint density at radius 2 is 2.13 bits per heavy atom. The molecular weight excluding hydrogens is 186 g/mol. The van der Waals surface area contributed by atoms with E-state index in [-0.39, 0.29) is 5.54 Å². The molecule has 1 rings (SSSR count). The topological polar surface area (TPSA) is 50.9 Å². The first-order valence-electron chi connectivity index (χ1n) is 5.40. The summed E-state index contributed by atoms with van der Waals surface area (Å²) in [5.41, 5.74) is 6.72. The van der Waals surface area contributed by atoms with Crippen LogP contribution >= 0.6 is 0 Å². The number of hydrogen-bond acceptors (Lipinski definition) is 3. The number of anilines is 1. The molecule has 3 heteroatoms. The Labute approximate surface area is 92.1 Å². The number of aromatic nitrogens is 1. The Morgan fingerprint density at radius 3 is 2.60 bits per heavy atom. The van der Waals surface area contributed by atoms with E-state index in [0.29, 0.717) is 12.5 Å². The van der Waals surface area contributed by atoms with Crippen molar-refractivity contribution in [3.8, 4) is 0 Å². The van der Waals surface area contributed by atoms with Crippen LogP contribution in [0.2, 0.25) is 0 Å². The fourth-order valence-electron chi connectivity index (χ4n) is 1.34. The van der Waals surface area contributed by atoms with Gasteiger partial charge < -0.3 is 11.1 Å². The zero-order chi connectivity index (χ0) is 11.5. The second-order valence-corrected chi connectivity index (χ2v) is 4.57. The number of nitrogens with one attached hydrogen (secondary N) is 1. The number of pyridine rings is 1. The fraction of sp³-hybridized carbons (Fsp3) is 0.583. The molecule has 1 aromatic rings. The third kappa shape index (κ3) is 2.93.